The summed E-state index contributed by atoms with van der Waals surface area (Å²) in [5, 5.41) is 9.73. The maximum absolute atomic E-state index is 8.74. The molecule has 4 heteroatoms. The normalized spacial score (nSPS) is 11.0. The monoisotopic (exact) mass is 306 g/mol. The fraction of sp³-hybridized carbons (Fsp3) is 0.556. The second-order valence-electron chi connectivity index (χ2n) is 5.45. The fourth-order valence-corrected chi connectivity index (χ4v) is 2.30. The summed E-state index contributed by atoms with van der Waals surface area (Å²) >= 11 is 0. The zero-order valence-corrected chi connectivity index (χ0v) is 13.3. The summed E-state index contributed by atoms with van der Waals surface area (Å²) < 4.78 is 17.0. The number of aliphatic hydroxyl groups is 1. The number of furan rings is 1. The molecule has 1 heterocycles. The van der Waals surface area contributed by atoms with E-state index < -0.39 is 0 Å². The summed E-state index contributed by atoms with van der Waals surface area (Å²) in [6.45, 7) is 3.75. The molecule has 0 atom stereocenters. The zero-order chi connectivity index (χ0) is 15.6. The standard InChI is InChI=1S/C18H26O4/c1-2-3-4-6-12-21-18-14-22-17-13-15(8-9-16(17)18)20-11-7-5-10-19/h8-9,13-14,19H,2-7,10-12H2,1H3. The van der Waals surface area contributed by atoms with Crippen LogP contribution in [0.1, 0.15) is 45.4 Å². The molecule has 0 fully saturated rings. The van der Waals surface area contributed by atoms with E-state index in [1.165, 1.54) is 19.3 Å². The van der Waals surface area contributed by atoms with Crippen LogP contribution in [0, 0.1) is 0 Å². The Balaban J connectivity index is 1.86. The third-order valence-corrected chi connectivity index (χ3v) is 3.59. The average molecular weight is 306 g/mol. The third kappa shape index (κ3) is 4.95. The molecular formula is C18H26O4. The van der Waals surface area contributed by atoms with Gasteiger partial charge in [0, 0.05) is 12.7 Å². The Morgan fingerprint density at radius 2 is 1.82 bits per heavy atom. The first-order valence-corrected chi connectivity index (χ1v) is 8.23. The predicted molar refractivity (Wildman–Crippen MR) is 87.7 cm³/mol. The first kappa shape index (κ1) is 16.7. The van der Waals surface area contributed by atoms with Gasteiger partial charge in [0.05, 0.1) is 18.6 Å². The molecule has 0 amide bonds. The molecule has 1 aromatic carbocycles. The van der Waals surface area contributed by atoms with Gasteiger partial charge in [0.1, 0.15) is 17.6 Å². The summed E-state index contributed by atoms with van der Waals surface area (Å²) in [5.41, 5.74) is 0.781. The van der Waals surface area contributed by atoms with Gasteiger partial charge < -0.3 is 19.0 Å². The lowest BCUT2D eigenvalue weighted by atomic mass is 10.2. The Bertz CT molecular complexity index is 547. The lowest BCUT2D eigenvalue weighted by Crippen LogP contribution is -1.98. The van der Waals surface area contributed by atoms with Gasteiger partial charge in [-0.1, -0.05) is 26.2 Å². The first-order chi connectivity index (χ1) is 10.8. The summed E-state index contributed by atoms with van der Waals surface area (Å²) in [5.74, 6) is 1.59. The Kier molecular flexibility index (Phi) is 7.10. The van der Waals surface area contributed by atoms with Gasteiger partial charge >= 0.3 is 0 Å². The third-order valence-electron chi connectivity index (χ3n) is 3.59. The van der Waals surface area contributed by atoms with Crippen LogP contribution in [0.5, 0.6) is 11.5 Å². The van der Waals surface area contributed by atoms with Crippen molar-refractivity contribution in [2.75, 3.05) is 19.8 Å². The van der Waals surface area contributed by atoms with E-state index in [0.717, 1.165) is 48.3 Å². The molecule has 22 heavy (non-hydrogen) atoms. The van der Waals surface area contributed by atoms with E-state index in [4.69, 9.17) is 19.0 Å². The molecule has 2 rings (SSSR count). The smallest absolute Gasteiger partial charge is 0.165 e. The molecule has 1 N–H and O–H groups in total. The van der Waals surface area contributed by atoms with Gasteiger partial charge in [-0.2, -0.15) is 0 Å². The van der Waals surface area contributed by atoms with Gasteiger partial charge in [0.15, 0.2) is 5.75 Å². The molecule has 0 spiro atoms. The minimum Gasteiger partial charge on any atom is -0.493 e. The molecular weight excluding hydrogens is 280 g/mol. The highest BCUT2D eigenvalue weighted by atomic mass is 16.5. The maximum Gasteiger partial charge on any atom is 0.165 e. The number of unbranched alkanes of at least 4 members (excludes halogenated alkanes) is 4. The van der Waals surface area contributed by atoms with E-state index in [0.29, 0.717) is 6.61 Å². The van der Waals surface area contributed by atoms with Crippen molar-refractivity contribution in [1.29, 1.82) is 0 Å². The molecule has 0 radical (unpaired) electrons. The summed E-state index contributed by atoms with van der Waals surface area (Å²) in [6, 6.07) is 5.79. The number of hydrogen-bond acceptors (Lipinski definition) is 4. The Morgan fingerprint density at radius 3 is 2.64 bits per heavy atom. The molecule has 122 valence electrons. The number of benzene rings is 1. The highest BCUT2D eigenvalue weighted by Crippen LogP contribution is 2.31. The second kappa shape index (κ2) is 9.36. The van der Waals surface area contributed by atoms with E-state index in [2.05, 4.69) is 6.92 Å². The molecule has 0 saturated carbocycles. The molecule has 1 aromatic heterocycles. The highest BCUT2D eigenvalue weighted by Gasteiger charge is 2.08. The van der Waals surface area contributed by atoms with Crippen molar-refractivity contribution in [3.63, 3.8) is 0 Å². The van der Waals surface area contributed by atoms with Gasteiger partial charge in [-0.3, -0.25) is 0 Å². The topological polar surface area (TPSA) is 51.8 Å². The average Bonchev–Trinajstić information content (AvgIpc) is 2.94. The number of ether oxygens (including phenoxy) is 2. The van der Waals surface area contributed by atoms with Crippen LogP contribution in [0.25, 0.3) is 11.0 Å². The van der Waals surface area contributed by atoms with Gasteiger partial charge in [0.25, 0.3) is 0 Å². The molecule has 0 unspecified atom stereocenters. The summed E-state index contributed by atoms with van der Waals surface area (Å²) in [7, 11) is 0. The van der Waals surface area contributed by atoms with Crippen molar-refractivity contribution >= 4 is 11.0 Å². The van der Waals surface area contributed by atoms with Crippen molar-refractivity contribution in [2.24, 2.45) is 0 Å². The van der Waals surface area contributed by atoms with Gasteiger partial charge in [0.2, 0.25) is 0 Å². The number of aliphatic hydroxyl groups excluding tert-OH is 1. The van der Waals surface area contributed by atoms with Gasteiger partial charge in [-0.25, -0.2) is 0 Å². The van der Waals surface area contributed by atoms with Crippen LogP contribution >= 0.6 is 0 Å². The molecule has 0 saturated heterocycles. The molecule has 0 aliphatic heterocycles. The molecule has 0 bridgehead atoms. The molecule has 0 aliphatic carbocycles. The Hall–Kier alpha value is -1.68. The Morgan fingerprint density at radius 1 is 1.00 bits per heavy atom. The van der Waals surface area contributed by atoms with Crippen molar-refractivity contribution < 1.29 is 19.0 Å². The first-order valence-electron chi connectivity index (χ1n) is 8.23. The minimum atomic E-state index is 0.208. The number of hydrogen-bond donors (Lipinski definition) is 1. The van der Waals surface area contributed by atoms with Crippen LogP contribution in [0.3, 0.4) is 0 Å². The molecule has 2 aromatic rings. The zero-order valence-electron chi connectivity index (χ0n) is 13.3. The van der Waals surface area contributed by atoms with Crippen LogP contribution in [0.2, 0.25) is 0 Å². The SMILES string of the molecule is CCCCCCOc1coc2cc(OCCCCO)ccc12. The van der Waals surface area contributed by atoms with Crippen molar-refractivity contribution in [1.82, 2.24) is 0 Å². The lowest BCUT2D eigenvalue weighted by molar-refractivity contribution is 0.253. The van der Waals surface area contributed by atoms with E-state index in [1.807, 2.05) is 18.2 Å². The van der Waals surface area contributed by atoms with Crippen LogP contribution in [-0.2, 0) is 0 Å². The highest BCUT2D eigenvalue weighted by molar-refractivity contribution is 5.85. The second-order valence-corrected chi connectivity index (χ2v) is 5.45. The van der Waals surface area contributed by atoms with Crippen molar-refractivity contribution in [3.8, 4) is 11.5 Å². The molecule has 0 aliphatic rings. The Labute approximate surface area is 132 Å². The van der Waals surface area contributed by atoms with Crippen LogP contribution in [0.4, 0.5) is 0 Å². The van der Waals surface area contributed by atoms with E-state index in [9.17, 15) is 0 Å². The predicted octanol–water partition coefficient (Wildman–Crippen LogP) is 4.54. The summed E-state index contributed by atoms with van der Waals surface area (Å²) in [4.78, 5) is 0. The lowest BCUT2D eigenvalue weighted by Gasteiger charge is -2.06. The number of fused-ring (bicyclic) bond motifs is 1. The van der Waals surface area contributed by atoms with Crippen molar-refractivity contribution in [3.05, 3.63) is 24.5 Å². The molecule has 4 nitrogen and oxygen atoms in total. The fourth-order valence-electron chi connectivity index (χ4n) is 2.30. The van der Waals surface area contributed by atoms with Crippen LogP contribution < -0.4 is 9.47 Å². The maximum atomic E-state index is 8.74. The van der Waals surface area contributed by atoms with Crippen LogP contribution in [0.15, 0.2) is 28.9 Å². The minimum absolute atomic E-state index is 0.208. The van der Waals surface area contributed by atoms with Crippen LogP contribution in [-0.4, -0.2) is 24.9 Å². The number of rotatable bonds is 11. The van der Waals surface area contributed by atoms with Gasteiger partial charge in [-0.15, -0.1) is 0 Å². The van der Waals surface area contributed by atoms with E-state index >= 15 is 0 Å². The summed E-state index contributed by atoms with van der Waals surface area (Å²) in [6.07, 6.45) is 8.05. The van der Waals surface area contributed by atoms with E-state index in [1.54, 1.807) is 6.26 Å². The van der Waals surface area contributed by atoms with E-state index in [-0.39, 0.29) is 6.61 Å². The quantitative estimate of drug-likeness (QED) is 0.619. The van der Waals surface area contributed by atoms with Crippen molar-refractivity contribution in [2.45, 2.75) is 45.4 Å². The largest absolute Gasteiger partial charge is 0.493 e. The van der Waals surface area contributed by atoms with Gasteiger partial charge in [-0.05, 0) is 31.4 Å².